The first kappa shape index (κ1) is 24.0. The molecule has 0 saturated carbocycles. The Hall–Kier alpha value is -1.67. The van der Waals surface area contributed by atoms with Gasteiger partial charge in [-0.25, -0.2) is 0 Å². The van der Waals surface area contributed by atoms with E-state index in [0.717, 1.165) is 25.9 Å². The van der Waals surface area contributed by atoms with E-state index in [2.05, 4.69) is 42.9 Å². The summed E-state index contributed by atoms with van der Waals surface area (Å²) >= 11 is 0. The van der Waals surface area contributed by atoms with Gasteiger partial charge in [-0.15, -0.1) is 0 Å². The molecular formula is C23H40N4O4. The Morgan fingerprint density at radius 1 is 1.13 bits per heavy atom. The number of ether oxygens (including phenoxy) is 1. The summed E-state index contributed by atoms with van der Waals surface area (Å²) in [4.78, 5) is 43.9. The predicted octanol–water partition coefficient (Wildman–Crippen LogP) is 1.10. The van der Waals surface area contributed by atoms with Crippen LogP contribution in [0.25, 0.3) is 0 Å². The Bertz CT molecular complexity index is 669. The molecule has 3 aliphatic heterocycles. The van der Waals surface area contributed by atoms with E-state index >= 15 is 0 Å². The summed E-state index contributed by atoms with van der Waals surface area (Å²) in [6.07, 6.45) is 3.53. The molecular weight excluding hydrogens is 396 g/mol. The highest BCUT2D eigenvalue weighted by Crippen LogP contribution is 2.30. The number of likely N-dealkylation sites (N-methyl/N-ethyl adjacent to an activating group) is 1. The number of carbonyl (C=O) groups excluding carboxylic acids is 3. The van der Waals surface area contributed by atoms with E-state index < -0.39 is 0 Å². The van der Waals surface area contributed by atoms with Crippen molar-refractivity contribution >= 4 is 17.8 Å². The lowest BCUT2D eigenvalue weighted by atomic mass is 9.95. The Morgan fingerprint density at radius 2 is 1.81 bits per heavy atom. The zero-order valence-electron chi connectivity index (χ0n) is 19.9. The van der Waals surface area contributed by atoms with Crippen molar-refractivity contribution in [3.05, 3.63) is 0 Å². The zero-order chi connectivity index (χ0) is 22.8. The molecule has 8 heteroatoms. The van der Waals surface area contributed by atoms with Gasteiger partial charge in [0.1, 0.15) is 6.04 Å². The molecule has 3 saturated heterocycles. The van der Waals surface area contributed by atoms with Crippen molar-refractivity contribution in [2.45, 2.75) is 71.0 Å². The number of piperidine rings is 1. The molecule has 3 rings (SSSR count). The molecule has 0 radical (unpaired) electrons. The van der Waals surface area contributed by atoms with Gasteiger partial charge in [-0.1, -0.05) is 20.8 Å². The summed E-state index contributed by atoms with van der Waals surface area (Å²) in [5, 5.41) is 3.14. The van der Waals surface area contributed by atoms with Gasteiger partial charge >= 0.3 is 5.97 Å². The van der Waals surface area contributed by atoms with Crippen molar-refractivity contribution in [2.24, 2.45) is 11.3 Å². The molecule has 8 nitrogen and oxygen atoms in total. The lowest BCUT2D eigenvalue weighted by Crippen LogP contribution is -2.51. The Labute approximate surface area is 186 Å². The van der Waals surface area contributed by atoms with Crippen LogP contribution in [0, 0.1) is 11.3 Å². The summed E-state index contributed by atoms with van der Waals surface area (Å²) in [7, 11) is 3.52. The molecule has 0 aromatic rings. The van der Waals surface area contributed by atoms with Gasteiger partial charge in [0.05, 0.1) is 13.0 Å². The second kappa shape index (κ2) is 9.86. The van der Waals surface area contributed by atoms with Gasteiger partial charge in [-0.05, 0) is 38.1 Å². The number of amides is 2. The normalized spacial score (nSPS) is 28.7. The number of esters is 1. The molecule has 3 fully saturated rings. The molecule has 2 amide bonds. The molecule has 1 N–H and O–H groups in total. The fraction of sp³-hybridized carbons (Fsp3) is 0.870. The smallest absolute Gasteiger partial charge is 0.308 e. The first-order valence-electron chi connectivity index (χ1n) is 11.7. The Kier molecular flexibility index (Phi) is 7.63. The first-order chi connectivity index (χ1) is 14.6. The molecule has 0 aromatic carbocycles. The average molecular weight is 437 g/mol. The van der Waals surface area contributed by atoms with Crippen LogP contribution in [0.2, 0.25) is 0 Å². The highest BCUT2D eigenvalue weighted by molar-refractivity contribution is 5.83. The van der Waals surface area contributed by atoms with Crippen LogP contribution < -0.4 is 5.32 Å². The third-order valence-corrected chi connectivity index (χ3v) is 7.10. The van der Waals surface area contributed by atoms with Gasteiger partial charge in [-0.3, -0.25) is 24.2 Å². The lowest BCUT2D eigenvalue weighted by Gasteiger charge is -2.35. The van der Waals surface area contributed by atoms with Gasteiger partial charge in [0.25, 0.3) is 0 Å². The number of hydrogen-bond donors (Lipinski definition) is 1. The second-order valence-corrected chi connectivity index (χ2v) is 10.6. The van der Waals surface area contributed by atoms with Crippen LogP contribution in [0.3, 0.4) is 0 Å². The van der Waals surface area contributed by atoms with Crippen LogP contribution in [0.1, 0.15) is 52.9 Å². The summed E-state index contributed by atoms with van der Waals surface area (Å²) < 4.78 is 4.83. The van der Waals surface area contributed by atoms with Crippen LogP contribution >= 0.6 is 0 Å². The zero-order valence-corrected chi connectivity index (χ0v) is 19.9. The predicted molar refractivity (Wildman–Crippen MR) is 118 cm³/mol. The van der Waals surface area contributed by atoms with Crippen LogP contribution in [-0.2, 0) is 19.1 Å². The molecule has 0 aromatic heterocycles. The largest absolute Gasteiger partial charge is 0.469 e. The summed E-state index contributed by atoms with van der Waals surface area (Å²) in [6.45, 7) is 10.3. The van der Waals surface area contributed by atoms with Crippen LogP contribution in [0.5, 0.6) is 0 Å². The molecule has 3 atom stereocenters. The minimum atomic E-state index is -0.172. The highest BCUT2D eigenvalue weighted by Gasteiger charge is 2.45. The number of nitrogens with zero attached hydrogens (tertiary/aromatic N) is 3. The summed E-state index contributed by atoms with van der Waals surface area (Å²) in [5.74, 6) is 0.00377. The Morgan fingerprint density at radius 3 is 2.42 bits per heavy atom. The highest BCUT2D eigenvalue weighted by atomic mass is 16.5. The first-order valence-corrected chi connectivity index (χ1v) is 11.7. The Balaban J connectivity index is 1.53. The van der Waals surface area contributed by atoms with E-state index in [4.69, 9.17) is 4.74 Å². The van der Waals surface area contributed by atoms with Crippen molar-refractivity contribution < 1.29 is 19.1 Å². The SMILES string of the molecule is COC(=O)C1CCN(C(=O)CC[C@H]2CNC(=O)[C@@H]3[C@@H](CCN3CC(C)(C)C)N2C)CC1. The van der Waals surface area contributed by atoms with E-state index in [1.54, 1.807) is 0 Å². The van der Waals surface area contributed by atoms with Crippen LogP contribution in [-0.4, -0.2) is 97.5 Å². The monoisotopic (exact) mass is 436 g/mol. The minimum Gasteiger partial charge on any atom is -0.469 e. The fourth-order valence-electron chi connectivity index (χ4n) is 5.41. The number of nitrogens with one attached hydrogen (secondary N) is 1. The minimum absolute atomic E-state index is 0.0902. The standard InChI is InChI=1S/C23H40N4O4/c1-23(2,3)15-27-13-10-18-20(27)21(29)24-14-17(25(18)4)6-7-19(28)26-11-8-16(9-12-26)22(30)31-5/h16-18,20H,6-15H2,1-5H3,(H,24,29)/t17-,18+,20-/m0/s1. The molecule has 0 aliphatic carbocycles. The molecule has 3 heterocycles. The molecule has 3 aliphatic rings. The van der Waals surface area contributed by atoms with Crippen molar-refractivity contribution in [1.82, 2.24) is 20.0 Å². The van der Waals surface area contributed by atoms with Gasteiger partial charge in [0.15, 0.2) is 0 Å². The molecule has 176 valence electrons. The van der Waals surface area contributed by atoms with E-state index in [-0.39, 0.29) is 47.2 Å². The van der Waals surface area contributed by atoms with Crippen molar-refractivity contribution in [2.75, 3.05) is 46.9 Å². The van der Waals surface area contributed by atoms with E-state index in [9.17, 15) is 14.4 Å². The maximum atomic E-state index is 12.9. The molecule has 31 heavy (non-hydrogen) atoms. The number of carbonyl (C=O) groups is 3. The van der Waals surface area contributed by atoms with Gasteiger partial charge in [0.2, 0.25) is 11.8 Å². The number of methoxy groups -OCH3 is 1. The van der Waals surface area contributed by atoms with Crippen molar-refractivity contribution in [3.8, 4) is 0 Å². The van der Waals surface area contributed by atoms with E-state index in [0.29, 0.717) is 38.9 Å². The number of hydrogen-bond acceptors (Lipinski definition) is 6. The fourth-order valence-corrected chi connectivity index (χ4v) is 5.41. The summed E-state index contributed by atoms with van der Waals surface area (Å²) in [5.41, 5.74) is 0.146. The molecule has 0 unspecified atom stereocenters. The topological polar surface area (TPSA) is 82.2 Å². The van der Waals surface area contributed by atoms with Crippen molar-refractivity contribution in [1.29, 1.82) is 0 Å². The maximum absolute atomic E-state index is 12.9. The quantitative estimate of drug-likeness (QED) is 0.650. The second-order valence-electron chi connectivity index (χ2n) is 10.6. The number of rotatable bonds is 5. The van der Waals surface area contributed by atoms with Gasteiger partial charge in [0, 0.05) is 51.2 Å². The van der Waals surface area contributed by atoms with Crippen LogP contribution in [0.4, 0.5) is 0 Å². The van der Waals surface area contributed by atoms with Gasteiger partial charge < -0.3 is 15.0 Å². The van der Waals surface area contributed by atoms with Gasteiger partial charge in [-0.2, -0.15) is 0 Å². The number of fused-ring (bicyclic) bond motifs is 1. The molecule has 0 spiro atoms. The summed E-state index contributed by atoms with van der Waals surface area (Å²) in [6, 6.07) is 0.244. The van der Waals surface area contributed by atoms with E-state index in [1.807, 2.05) is 4.90 Å². The van der Waals surface area contributed by atoms with Crippen LogP contribution in [0.15, 0.2) is 0 Å². The van der Waals surface area contributed by atoms with E-state index in [1.165, 1.54) is 7.11 Å². The van der Waals surface area contributed by atoms with Crippen molar-refractivity contribution in [3.63, 3.8) is 0 Å². The third-order valence-electron chi connectivity index (χ3n) is 7.10. The molecule has 0 bridgehead atoms. The average Bonchev–Trinajstić information content (AvgIpc) is 3.09. The lowest BCUT2D eigenvalue weighted by molar-refractivity contribution is -0.149. The maximum Gasteiger partial charge on any atom is 0.308 e. The number of likely N-dealkylation sites (tertiary alicyclic amines) is 2. The third kappa shape index (κ3) is 5.77.